The first-order chi connectivity index (χ1) is 9.58. The monoisotopic (exact) mass is 307 g/mol. The standard InChI is InChI=1S/C13H20F3N3O2/c1-9(2)4-5-17-10(20)8-12(21,13(14,15)16)11-18-6-7-19(11)3/h6-7,9,21H,4-5,8H2,1-3H3,(H,17,20)/t12-/m0/s1. The fraction of sp³-hybridized carbons (Fsp3) is 0.692. The molecule has 21 heavy (non-hydrogen) atoms. The predicted molar refractivity (Wildman–Crippen MR) is 70.2 cm³/mol. The maximum Gasteiger partial charge on any atom is 0.425 e. The van der Waals surface area contributed by atoms with Crippen LogP contribution in [-0.2, 0) is 17.4 Å². The third-order valence-corrected chi connectivity index (χ3v) is 3.12. The van der Waals surface area contributed by atoms with Crippen molar-refractivity contribution in [3.05, 3.63) is 18.2 Å². The van der Waals surface area contributed by atoms with Gasteiger partial charge >= 0.3 is 6.18 Å². The van der Waals surface area contributed by atoms with Gasteiger partial charge < -0.3 is 15.0 Å². The number of hydrogen-bond donors (Lipinski definition) is 2. The Kier molecular flexibility index (Phi) is 5.38. The smallest absolute Gasteiger partial charge is 0.374 e. The Morgan fingerprint density at radius 2 is 2.10 bits per heavy atom. The minimum absolute atomic E-state index is 0.269. The summed E-state index contributed by atoms with van der Waals surface area (Å²) in [4.78, 5) is 15.2. The minimum atomic E-state index is -5.00. The largest absolute Gasteiger partial charge is 0.425 e. The van der Waals surface area contributed by atoms with Gasteiger partial charge in [-0.15, -0.1) is 0 Å². The number of alkyl halides is 3. The average Bonchev–Trinajstić information content (AvgIpc) is 2.73. The highest BCUT2D eigenvalue weighted by Crippen LogP contribution is 2.40. The molecule has 0 aromatic carbocycles. The van der Waals surface area contributed by atoms with Gasteiger partial charge in [0.05, 0.1) is 6.42 Å². The number of halogens is 3. The van der Waals surface area contributed by atoms with Gasteiger partial charge in [0.15, 0.2) is 5.82 Å². The zero-order chi connectivity index (χ0) is 16.3. The molecular formula is C13H20F3N3O2. The minimum Gasteiger partial charge on any atom is -0.374 e. The summed E-state index contributed by atoms with van der Waals surface area (Å²) in [6.45, 7) is 4.14. The van der Waals surface area contributed by atoms with E-state index in [0.717, 1.165) is 10.8 Å². The number of amides is 1. The van der Waals surface area contributed by atoms with Crippen molar-refractivity contribution in [2.75, 3.05) is 6.54 Å². The molecule has 5 nitrogen and oxygen atoms in total. The van der Waals surface area contributed by atoms with Crippen molar-refractivity contribution < 1.29 is 23.1 Å². The molecule has 0 aliphatic heterocycles. The van der Waals surface area contributed by atoms with Crippen molar-refractivity contribution >= 4 is 5.91 Å². The Morgan fingerprint density at radius 3 is 2.52 bits per heavy atom. The lowest BCUT2D eigenvalue weighted by molar-refractivity contribution is -0.271. The molecule has 1 heterocycles. The van der Waals surface area contributed by atoms with E-state index in [-0.39, 0.29) is 6.54 Å². The molecule has 8 heteroatoms. The molecule has 0 saturated carbocycles. The lowest BCUT2D eigenvalue weighted by Gasteiger charge is -2.29. The molecule has 0 unspecified atom stereocenters. The van der Waals surface area contributed by atoms with Crippen LogP contribution in [0.3, 0.4) is 0 Å². The first-order valence-corrected chi connectivity index (χ1v) is 6.61. The van der Waals surface area contributed by atoms with Gasteiger partial charge in [-0.05, 0) is 12.3 Å². The number of aryl methyl sites for hydroxylation is 1. The van der Waals surface area contributed by atoms with E-state index in [4.69, 9.17) is 0 Å². The van der Waals surface area contributed by atoms with Crippen LogP contribution in [0.5, 0.6) is 0 Å². The maximum absolute atomic E-state index is 13.2. The van der Waals surface area contributed by atoms with Crippen LogP contribution in [0.2, 0.25) is 0 Å². The van der Waals surface area contributed by atoms with Gasteiger partial charge in [0.25, 0.3) is 0 Å². The van der Waals surface area contributed by atoms with Crippen molar-refractivity contribution in [1.82, 2.24) is 14.9 Å². The van der Waals surface area contributed by atoms with Crippen molar-refractivity contribution in [3.63, 3.8) is 0 Å². The number of imidazole rings is 1. The van der Waals surface area contributed by atoms with Crippen LogP contribution in [0.4, 0.5) is 13.2 Å². The van der Waals surface area contributed by atoms with E-state index < -0.39 is 29.9 Å². The highest BCUT2D eigenvalue weighted by Gasteiger charge is 2.58. The summed E-state index contributed by atoms with van der Waals surface area (Å²) in [7, 11) is 1.33. The average molecular weight is 307 g/mol. The normalized spacial score (nSPS) is 15.0. The van der Waals surface area contributed by atoms with Crippen molar-refractivity contribution in [3.8, 4) is 0 Å². The van der Waals surface area contributed by atoms with E-state index in [1.54, 1.807) is 0 Å². The summed E-state index contributed by atoms with van der Waals surface area (Å²) in [5.41, 5.74) is -3.30. The van der Waals surface area contributed by atoms with Crippen LogP contribution in [0.15, 0.2) is 12.4 Å². The number of hydrogen-bond acceptors (Lipinski definition) is 3. The Labute approximate surface area is 121 Å². The Hall–Kier alpha value is -1.57. The summed E-state index contributed by atoms with van der Waals surface area (Å²) < 4.78 is 40.6. The zero-order valence-electron chi connectivity index (χ0n) is 12.2. The van der Waals surface area contributed by atoms with Crippen molar-refractivity contribution in [2.24, 2.45) is 13.0 Å². The fourth-order valence-electron chi connectivity index (χ4n) is 1.87. The second-order valence-corrected chi connectivity index (χ2v) is 5.43. The number of aromatic nitrogens is 2. The SMILES string of the molecule is CC(C)CCNC(=O)C[C@](O)(c1nccn1C)C(F)(F)F. The quantitative estimate of drug-likeness (QED) is 0.841. The van der Waals surface area contributed by atoms with Crippen molar-refractivity contribution in [1.29, 1.82) is 0 Å². The van der Waals surface area contributed by atoms with E-state index in [1.807, 2.05) is 13.8 Å². The van der Waals surface area contributed by atoms with Gasteiger partial charge in [0, 0.05) is 26.0 Å². The first-order valence-electron chi connectivity index (χ1n) is 6.61. The molecule has 1 atom stereocenters. The van der Waals surface area contributed by atoms with Gasteiger partial charge in [-0.1, -0.05) is 13.8 Å². The first kappa shape index (κ1) is 17.5. The second kappa shape index (κ2) is 6.46. The molecule has 0 radical (unpaired) electrons. The predicted octanol–water partition coefficient (Wildman–Crippen LogP) is 1.72. The van der Waals surface area contributed by atoms with E-state index in [9.17, 15) is 23.1 Å². The van der Waals surface area contributed by atoms with Gasteiger partial charge in [-0.25, -0.2) is 4.98 Å². The lowest BCUT2D eigenvalue weighted by atomic mass is 9.97. The molecule has 0 aliphatic rings. The van der Waals surface area contributed by atoms with Gasteiger partial charge in [0.2, 0.25) is 11.5 Å². The number of nitrogens with one attached hydrogen (secondary N) is 1. The topological polar surface area (TPSA) is 67.2 Å². The molecule has 0 fully saturated rings. The fourth-order valence-corrected chi connectivity index (χ4v) is 1.87. The zero-order valence-corrected chi connectivity index (χ0v) is 12.2. The van der Waals surface area contributed by atoms with Crippen LogP contribution in [0.1, 0.15) is 32.5 Å². The molecule has 1 rings (SSSR count). The number of carbonyl (C=O) groups is 1. The summed E-state index contributed by atoms with van der Waals surface area (Å²) in [6.07, 6.45) is -3.04. The molecule has 2 N–H and O–H groups in total. The van der Waals surface area contributed by atoms with Gasteiger partial charge in [-0.2, -0.15) is 13.2 Å². The third kappa shape index (κ3) is 4.20. The summed E-state index contributed by atoms with van der Waals surface area (Å²) in [6, 6.07) is 0. The Bertz CT molecular complexity index is 485. The van der Waals surface area contributed by atoms with Gasteiger partial charge in [0.1, 0.15) is 0 Å². The van der Waals surface area contributed by atoms with Gasteiger partial charge in [-0.3, -0.25) is 4.79 Å². The van der Waals surface area contributed by atoms with Crippen LogP contribution in [0.25, 0.3) is 0 Å². The second-order valence-electron chi connectivity index (χ2n) is 5.43. The number of nitrogens with zero attached hydrogens (tertiary/aromatic N) is 2. The molecule has 0 spiro atoms. The molecule has 1 amide bonds. The van der Waals surface area contributed by atoms with Crippen LogP contribution in [-0.4, -0.2) is 33.3 Å². The number of rotatable bonds is 6. The maximum atomic E-state index is 13.2. The summed E-state index contributed by atoms with van der Waals surface area (Å²) >= 11 is 0. The molecule has 0 saturated heterocycles. The van der Waals surface area contributed by atoms with E-state index in [2.05, 4.69) is 10.3 Å². The molecule has 1 aromatic rings. The van der Waals surface area contributed by atoms with Crippen LogP contribution < -0.4 is 5.32 Å². The molecule has 120 valence electrons. The molecule has 0 aliphatic carbocycles. The van der Waals surface area contributed by atoms with E-state index in [1.165, 1.54) is 13.2 Å². The summed E-state index contributed by atoms with van der Waals surface area (Å²) in [5, 5.41) is 12.4. The van der Waals surface area contributed by atoms with Crippen molar-refractivity contribution in [2.45, 2.75) is 38.5 Å². The highest BCUT2D eigenvalue weighted by molar-refractivity contribution is 5.77. The third-order valence-electron chi connectivity index (χ3n) is 3.12. The lowest BCUT2D eigenvalue weighted by Crippen LogP contribution is -2.48. The Balaban J connectivity index is 2.86. The van der Waals surface area contributed by atoms with Crippen LogP contribution >= 0.6 is 0 Å². The Morgan fingerprint density at radius 1 is 1.48 bits per heavy atom. The van der Waals surface area contributed by atoms with E-state index in [0.29, 0.717) is 12.3 Å². The van der Waals surface area contributed by atoms with E-state index >= 15 is 0 Å². The highest BCUT2D eigenvalue weighted by atomic mass is 19.4. The number of carbonyl (C=O) groups excluding carboxylic acids is 1. The van der Waals surface area contributed by atoms with Crippen LogP contribution in [0, 0.1) is 5.92 Å². The molecular weight excluding hydrogens is 287 g/mol. The number of aliphatic hydroxyl groups is 1. The molecule has 0 bridgehead atoms. The molecule has 1 aromatic heterocycles. The summed E-state index contributed by atoms with van der Waals surface area (Å²) in [5.74, 6) is -1.14.